The Labute approximate surface area is 221 Å². The number of aromatic hydroxyl groups is 2. The number of urea groups is 1. The molecule has 1 aliphatic rings. The molecule has 0 saturated carbocycles. The number of phenols is 2. The van der Waals surface area contributed by atoms with Crippen LogP contribution in [-0.4, -0.2) is 65.0 Å². The second kappa shape index (κ2) is 12.5. The molecule has 0 saturated heterocycles. The molecule has 2 aromatic rings. The van der Waals surface area contributed by atoms with Gasteiger partial charge in [-0.2, -0.15) is 5.10 Å². The zero-order valence-corrected chi connectivity index (χ0v) is 21.1. The first-order chi connectivity index (χ1) is 18.5. The van der Waals surface area contributed by atoms with Crippen LogP contribution in [0.2, 0.25) is 0 Å². The summed E-state index contributed by atoms with van der Waals surface area (Å²) in [6, 6.07) is 5.16. The average molecular weight is 546 g/mol. The van der Waals surface area contributed by atoms with E-state index in [1.807, 2.05) is 0 Å². The van der Waals surface area contributed by atoms with Gasteiger partial charge in [-0.05, 0) is 31.5 Å². The number of nitrogens with one attached hydrogen (secondary N) is 3. The molecular weight excluding hydrogens is 518 g/mol. The highest BCUT2D eigenvalue weighted by atomic mass is 16.6. The molecule has 208 valence electrons. The summed E-state index contributed by atoms with van der Waals surface area (Å²) in [5.41, 5.74) is 2.73. The van der Waals surface area contributed by atoms with Crippen molar-refractivity contribution in [2.24, 2.45) is 5.10 Å². The van der Waals surface area contributed by atoms with Gasteiger partial charge in [0.15, 0.2) is 23.5 Å². The molecule has 0 bridgehead atoms. The third kappa shape index (κ3) is 6.84. The minimum atomic E-state index is -1.34. The van der Waals surface area contributed by atoms with Crippen molar-refractivity contribution in [1.82, 2.24) is 16.1 Å². The van der Waals surface area contributed by atoms with E-state index >= 15 is 0 Å². The van der Waals surface area contributed by atoms with Crippen molar-refractivity contribution in [3.8, 4) is 23.0 Å². The van der Waals surface area contributed by atoms with Crippen LogP contribution in [0, 0.1) is 10.1 Å². The predicted molar refractivity (Wildman–Crippen MR) is 135 cm³/mol. The van der Waals surface area contributed by atoms with Gasteiger partial charge in [-0.15, -0.1) is 0 Å². The van der Waals surface area contributed by atoms with Crippen molar-refractivity contribution in [3.63, 3.8) is 0 Å². The summed E-state index contributed by atoms with van der Waals surface area (Å²) in [6.45, 7) is 3.29. The lowest BCUT2D eigenvalue weighted by atomic mass is 9.95. The lowest BCUT2D eigenvalue weighted by Gasteiger charge is -2.28. The van der Waals surface area contributed by atoms with E-state index in [2.05, 4.69) is 21.2 Å². The molecule has 15 nitrogen and oxygen atoms in total. The molecule has 0 radical (unpaired) electrons. The maximum Gasteiger partial charge on any atom is 0.337 e. The zero-order valence-electron chi connectivity index (χ0n) is 21.1. The van der Waals surface area contributed by atoms with Crippen LogP contribution in [0.15, 0.2) is 46.7 Å². The highest BCUT2D eigenvalue weighted by Gasteiger charge is 2.32. The summed E-state index contributed by atoms with van der Waals surface area (Å²) in [5, 5.41) is 49.5. The molecule has 1 aliphatic heterocycles. The molecule has 2 amide bonds. The first-order valence-electron chi connectivity index (χ1n) is 11.5. The topological polar surface area (TPSA) is 214 Å². The number of phenolic OH excluding ortho intramolecular Hbond substituents is 2. The van der Waals surface area contributed by atoms with Gasteiger partial charge >= 0.3 is 17.7 Å². The Morgan fingerprint density at radius 1 is 1.23 bits per heavy atom. The van der Waals surface area contributed by atoms with Crippen LogP contribution in [0.3, 0.4) is 0 Å². The molecular formula is C24H27N5O10. The van der Waals surface area contributed by atoms with E-state index in [0.717, 1.165) is 18.3 Å². The molecule has 0 aromatic heterocycles. The summed E-state index contributed by atoms with van der Waals surface area (Å²) in [7, 11) is 1.24. The number of carbonyl (C=O) groups is 2. The van der Waals surface area contributed by atoms with Crippen LogP contribution in [0.5, 0.6) is 23.0 Å². The third-order valence-corrected chi connectivity index (χ3v) is 5.42. The number of aliphatic hydroxyl groups excluding tert-OH is 1. The molecule has 15 heteroatoms. The van der Waals surface area contributed by atoms with Crippen LogP contribution in [-0.2, 0) is 9.53 Å². The first kappa shape index (κ1) is 28.5. The van der Waals surface area contributed by atoms with Gasteiger partial charge in [0.2, 0.25) is 0 Å². The second-order valence-corrected chi connectivity index (χ2v) is 8.07. The third-order valence-electron chi connectivity index (χ3n) is 5.42. The number of carbonyl (C=O) groups excluding carboxylic acids is 2. The van der Waals surface area contributed by atoms with E-state index in [1.165, 1.54) is 7.11 Å². The Balaban J connectivity index is 1.72. The summed E-state index contributed by atoms with van der Waals surface area (Å²) in [6.07, 6.45) is -0.322. The Bertz CT molecular complexity index is 1330. The number of allylic oxidation sites excluding steroid dienone is 1. The largest absolute Gasteiger partial charge is 0.507 e. The molecule has 3 rings (SSSR count). The van der Waals surface area contributed by atoms with Crippen LogP contribution < -0.4 is 25.5 Å². The van der Waals surface area contributed by atoms with Gasteiger partial charge in [0.05, 0.1) is 36.5 Å². The predicted octanol–water partition coefficient (Wildman–Crippen LogP) is 1.53. The van der Waals surface area contributed by atoms with Crippen molar-refractivity contribution in [2.45, 2.75) is 26.1 Å². The van der Waals surface area contributed by atoms with Crippen LogP contribution in [0.1, 0.15) is 31.0 Å². The van der Waals surface area contributed by atoms with Gasteiger partial charge in [-0.3, -0.25) is 15.5 Å². The van der Waals surface area contributed by atoms with Gasteiger partial charge in [-0.1, -0.05) is 6.07 Å². The number of rotatable bonds is 11. The minimum absolute atomic E-state index is 0.0741. The molecule has 0 aliphatic carbocycles. The minimum Gasteiger partial charge on any atom is -0.507 e. The zero-order chi connectivity index (χ0) is 28.7. The highest BCUT2D eigenvalue weighted by Crippen LogP contribution is 2.35. The monoisotopic (exact) mass is 545 g/mol. The summed E-state index contributed by atoms with van der Waals surface area (Å²) < 4.78 is 16.1. The van der Waals surface area contributed by atoms with Crippen molar-refractivity contribution < 1.29 is 44.0 Å². The SMILES string of the molecule is CCOc1cc([C@@H]2NC(=O)NC(C)=C2C(=O)OC)ccc1OC[C@H](O)N/N=C\c1cc([N+](=O)[O-])c(O)cc1O. The molecule has 39 heavy (non-hydrogen) atoms. The number of aliphatic hydroxyl groups is 1. The Hall–Kier alpha value is -5.05. The Kier molecular flexibility index (Phi) is 9.11. The van der Waals surface area contributed by atoms with E-state index in [4.69, 9.17) is 14.2 Å². The normalized spacial score (nSPS) is 15.8. The summed E-state index contributed by atoms with van der Waals surface area (Å²) >= 11 is 0. The summed E-state index contributed by atoms with van der Waals surface area (Å²) in [5.74, 6) is -1.25. The van der Waals surface area contributed by atoms with Gasteiger partial charge < -0.3 is 40.2 Å². The molecule has 0 fully saturated rings. The maximum absolute atomic E-state index is 12.4. The number of hydrazone groups is 1. The highest BCUT2D eigenvalue weighted by molar-refractivity contribution is 5.95. The van der Waals surface area contributed by atoms with E-state index < -0.39 is 46.4 Å². The molecule has 0 spiro atoms. The van der Waals surface area contributed by atoms with Gasteiger partial charge in [0, 0.05) is 23.4 Å². The van der Waals surface area contributed by atoms with Crippen LogP contribution in [0.4, 0.5) is 10.5 Å². The molecule has 1 heterocycles. The fraction of sp³-hybridized carbons (Fsp3) is 0.292. The fourth-order valence-electron chi connectivity index (χ4n) is 3.65. The number of nitrogens with zero attached hydrogens (tertiary/aromatic N) is 2. The standard InChI is InChI=1S/C24H27N5O10/c1-4-38-19-8-13(22-21(23(33)37-3)12(2)26-24(34)27-22)5-6-18(19)39-11-20(32)28-25-10-14-7-15(29(35)36)17(31)9-16(14)30/h5-10,20,22,28,30-32H,4,11H2,1-3H3,(H2,26,27,34)/b25-10-/t20-,22-/m0/s1. The lowest BCUT2D eigenvalue weighted by molar-refractivity contribution is -0.385. The smallest absolute Gasteiger partial charge is 0.337 e. The van der Waals surface area contributed by atoms with Crippen molar-refractivity contribution in [3.05, 3.63) is 62.8 Å². The lowest BCUT2D eigenvalue weighted by Crippen LogP contribution is -2.45. The van der Waals surface area contributed by atoms with E-state index in [1.54, 1.807) is 32.0 Å². The Morgan fingerprint density at radius 3 is 2.64 bits per heavy atom. The van der Waals surface area contributed by atoms with Crippen molar-refractivity contribution in [1.29, 1.82) is 0 Å². The number of nitro groups is 1. The van der Waals surface area contributed by atoms with Gasteiger partial charge in [0.25, 0.3) is 0 Å². The maximum atomic E-state index is 12.4. The number of esters is 1. The Morgan fingerprint density at radius 2 is 1.97 bits per heavy atom. The number of amides is 2. The van der Waals surface area contributed by atoms with E-state index in [9.17, 15) is 35.0 Å². The first-order valence-corrected chi connectivity index (χ1v) is 11.5. The van der Waals surface area contributed by atoms with E-state index in [-0.39, 0.29) is 35.8 Å². The van der Waals surface area contributed by atoms with Gasteiger partial charge in [-0.25, -0.2) is 9.59 Å². The number of ether oxygens (including phenoxy) is 3. The summed E-state index contributed by atoms with van der Waals surface area (Å²) in [4.78, 5) is 34.5. The number of benzene rings is 2. The molecule has 0 unspecified atom stereocenters. The molecule has 6 N–H and O–H groups in total. The van der Waals surface area contributed by atoms with Gasteiger partial charge in [0.1, 0.15) is 12.4 Å². The number of methoxy groups -OCH3 is 1. The van der Waals surface area contributed by atoms with Crippen molar-refractivity contribution >= 4 is 23.9 Å². The quantitative estimate of drug-likeness (QED) is 0.0782. The number of hydrogen-bond donors (Lipinski definition) is 6. The number of hydrogen-bond acceptors (Lipinski definition) is 12. The van der Waals surface area contributed by atoms with Crippen LogP contribution >= 0.6 is 0 Å². The average Bonchev–Trinajstić information content (AvgIpc) is 2.88. The van der Waals surface area contributed by atoms with Crippen LogP contribution in [0.25, 0.3) is 0 Å². The second-order valence-electron chi connectivity index (χ2n) is 8.07. The number of nitro benzene ring substituents is 1. The van der Waals surface area contributed by atoms with Crippen molar-refractivity contribution in [2.75, 3.05) is 20.3 Å². The fourth-order valence-corrected chi connectivity index (χ4v) is 3.65. The molecule has 2 atom stereocenters. The molecule has 2 aromatic carbocycles. The van der Waals surface area contributed by atoms with E-state index in [0.29, 0.717) is 11.3 Å².